The number of ether oxygens (including phenoxy) is 2. The van der Waals surface area contributed by atoms with E-state index in [9.17, 15) is 15.2 Å². The monoisotopic (exact) mass is 239 g/mol. The molecule has 0 saturated heterocycles. The number of benzene rings is 1. The molecule has 0 bridgehead atoms. The van der Waals surface area contributed by atoms with Crippen LogP contribution in [0, 0.1) is 10.1 Å². The minimum absolute atomic E-state index is 0.442. The van der Waals surface area contributed by atoms with E-state index < -0.39 is 17.1 Å². The van der Waals surface area contributed by atoms with E-state index in [1.807, 2.05) is 0 Å². The van der Waals surface area contributed by atoms with Gasteiger partial charge in [0.1, 0.15) is 19.3 Å². The molecule has 0 aromatic heterocycles. The molecule has 1 aliphatic rings. The third-order valence-corrected chi connectivity index (χ3v) is 2.70. The summed E-state index contributed by atoms with van der Waals surface area (Å²) in [6, 6.07) is 3.79. The SMILES string of the molecule is C[C@@H]([C@H](O)c1ccc2c(c1)OCCO2)[N+](=O)[O-]. The van der Waals surface area contributed by atoms with Crippen LogP contribution in [0.15, 0.2) is 18.2 Å². The molecule has 0 amide bonds. The number of fused-ring (bicyclic) bond motifs is 1. The third-order valence-electron chi connectivity index (χ3n) is 2.70. The fourth-order valence-corrected chi connectivity index (χ4v) is 1.64. The van der Waals surface area contributed by atoms with Gasteiger partial charge >= 0.3 is 0 Å². The van der Waals surface area contributed by atoms with Crippen molar-refractivity contribution in [1.29, 1.82) is 0 Å². The number of hydrogen-bond acceptors (Lipinski definition) is 5. The van der Waals surface area contributed by atoms with Crippen LogP contribution in [0.3, 0.4) is 0 Å². The van der Waals surface area contributed by atoms with Crippen LogP contribution >= 0.6 is 0 Å². The highest BCUT2D eigenvalue weighted by atomic mass is 16.6. The van der Waals surface area contributed by atoms with Crippen molar-refractivity contribution in [3.8, 4) is 11.5 Å². The van der Waals surface area contributed by atoms with E-state index in [1.165, 1.54) is 6.92 Å². The lowest BCUT2D eigenvalue weighted by atomic mass is 10.0. The lowest BCUT2D eigenvalue weighted by Gasteiger charge is -2.20. The lowest BCUT2D eigenvalue weighted by molar-refractivity contribution is -0.531. The summed E-state index contributed by atoms with van der Waals surface area (Å²) in [5.74, 6) is 1.12. The first kappa shape index (κ1) is 11.7. The second kappa shape index (κ2) is 4.58. The zero-order valence-electron chi connectivity index (χ0n) is 9.33. The predicted octanol–water partition coefficient (Wildman–Crippen LogP) is 1.16. The van der Waals surface area contributed by atoms with Gasteiger partial charge in [-0.1, -0.05) is 6.07 Å². The zero-order chi connectivity index (χ0) is 12.4. The van der Waals surface area contributed by atoms with Gasteiger partial charge in [-0.15, -0.1) is 0 Å². The van der Waals surface area contributed by atoms with Crippen molar-refractivity contribution in [3.05, 3.63) is 33.9 Å². The van der Waals surface area contributed by atoms with E-state index in [-0.39, 0.29) is 0 Å². The average Bonchev–Trinajstić information content (AvgIpc) is 2.36. The Hall–Kier alpha value is -1.82. The Morgan fingerprint density at radius 3 is 2.65 bits per heavy atom. The Morgan fingerprint density at radius 1 is 1.35 bits per heavy atom. The van der Waals surface area contributed by atoms with Crippen molar-refractivity contribution in [2.45, 2.75) is 19.1 Å². The van der Waals surface area contributed by atoms with Crippen LogP contribution in [0.2, 0.25) is 0 Å². The van der Waals surface area contributed by atoms with Gasteiger partial charge in [0, 0.05) is 11.8 Å². The van der Waals surface area contributed by atoms with E-state index in [4.69, 9.17) is 9.47 Å². The van der Waals surface area contributed by atoms with Gasteiger partial charge in [0.05, 0.1) is 0 Å². The van der Waals surface area contributed by atoms with Crippen LogP contribution in [0.25, 0.3) is 0 Å². The van der Waals surface area contributed by atoms with Crippen molar-refractivity contribution in [3.63, 3.8) is 0 Å². The minimum Gasteiger partial charge on any atom is -0.486 e. The average molecular weight is 239 g/mol. The van der Waals surface area contributed by atoms with E-state index in [1.54, 1.807) is 18.2 Å². The lowest BCUT2D eigenvalue weighted by Crippen LogP contribution is -2.24. The van der Waals surface area contributed by atoms with E-state index in [0.29, 0.717) is 30.3 Å². The maximum Gasteiger partial charge on any atom is 0.239 e. The summed E-state index contributed by atoms with van der Waals surface area (Å²) in [5.41, 5.74) is 0.457. The fourth-order valence-electron chi connectivity index (χ4n) is 1.64. The third kappa shape index (κ3) is 2.31. The first-order valence-corrected chi connectivity index (χ1v) is 5.30. The number of rotatable bonds is 3. The largest absolute Gasteiger partial charge is 0.486 e. The van der Waals surface area contributed by atoms with Crippen molar-refractivity contribution in [2.75, 3.05) is 13.2 Å². The maximum atomic E-state index is 10.6. The molecule has 17 heavy (non-hydrogen) atoms. The molecule has 0 spiro atoms. The predicted molar refractivity (Wildman–Crippen MR) is 58.8 cm³/mol. The normalized spacial score (nSPS) is 17.3. The summed E-state index contributed by atoms with van der Waals surface area (Å²) in [5, 5.41) is 20.4. The quantitative estimate of drug-likeness (QED) is 0.632. The summed E-state index contributed by atoms with van der Waals surface area (Å²) < 4.78 is 10.7. The molecule has 0 fully saturated rings. The molecule has 92 valence electrons. The standard InChI is InChI=1S/C11H13NO5/c1-7(12(14)15)11(13)8-2-3-9-10(6-8)17-5-4-16-9/h2-3,6-7,11,13H,4-5H2,1H3/t7-,11-/m0/s1. The van der Waals surface area contributed by atoms with Gasteiger partial charge < -0.3 is 14.6 Å². The molecule has 0 saturated carbocycles. The maximum absolute atomic E-state index is 10.6. The summed E-state index contributed by atoms with van der Waals surface area (Å²) in [6.45, 7) is 2.29. The Bertz CT molecular complexity index is 434. The first-order chi connectivity index (χ1) is 8.09. The first-order valence-electron chi connectivity index (χ1n) is 5.30. The number of hydrogen-bond donors (Lipinski definition) is 1. The molecule has 1 aromatic carbocycles. The van der Waals surface area contributed by atoms with Gasteiger partial charge in [-0.3, -0.25) is 10.1 Å². The zero-order valence-corrected chi connectivity index (χ0v) is 9.33. The van der Waals surface area contributed by atoms with Crippen molar-refractivity contribution >= 4 is 0 Å². The minimum atomic E-state index is -1.15. The van der Waals surface area contributed by atoms with Crippen LogP contribution in [0.5, 0.6) is 11.5 Å². The van der Waals surface area contributed by atoms with Crippen LogP contribution in [-0.4, -0.2) is 29.3 Å². The number of nitro groups is 1. The van der Waals surface area contributed by atoms with Crippen molar-refractivity contribution in [2.24, 2.45) is 0 Å². The molecule has 6 nitrogen and oxygen atoms in total. The summed E-state index contributed by atoms with van der Waals surface area (Å²) >= 11 is 0. The highest BCUT2D eigenvalue weighted by molar-refractivity contribution is 5.44. The Labute approximate surface area is 97.9 Å². The van der Waals surface area contributed by atoms with Crippen molar-refractivity contribution in [1.82, 2.24) is 0 Å². The van der Waals surface area contributed by atoms with Crippen molar-refractivity contribution < 1.29 is 19.5 Å². The summed E-state index contributed by atoms with van der Waals surface area (Å²) in [7, 11) is 0. The molecule has 1 aromatic rings. The van der Waals surface area contributed by atoms with Crippen LogP contribution < -0.4 is 9.47 Å². The van der Waals surface area contributed by atoms with Crippen LogP contribution in [0.1, 0.15) is 18.6 Å². The molecule has 1 heterocycles. The van der Waals surface area contributed by atoms with Crippen LogP contribution in [0.4, 0.5) is 0 Å². The van der Waals surface area contributed by atoms with Gasteiger partial charge in [0.2, 0.25) is 6.04 Å². The highest BCUT2D eigenvalue weighted by Crippen LogP contribution is 2.33. The Balaban J connectivity index is 2.24. The molecule has 1 N–H and O–H groups in total. The second-order valence-corrected chi connectivity index (χ2v) is 3.87. The molecule has 0 aliphatic carbocycles. The van der Waals surface area contributed by atoms with E-state index >= 15 is 0 Å². The molecule has 2 atom stereocenters. The van der Waals surface area contributed by atoms with E-state index in [0.717, 1.165) is 0 Å². The Kier molecular flexibility index (Phi) is 3.14. The van der Waals surface area contributed by atoms with Gasteiger partial charge in [0.25, 0.3) is 0 Å². The molecule has 2 rings (SSSR count). The molecule has 6 heteroatoms. The highest BCUT2D eigenvalue weighted by Gasteiger charge is 2.27. The number of aliphatic hydroxyl groups excluding tert-OH is 1. The fraction of sp³-hybridized carbons (Fsp3) is 0.455. The number of nitrogens with zero attached hydrogens (tertiary/aromatic N) is 1. The van der Waals surface area contributed by atoms with Gasteiger partial charge in [0.15, 0.2) is 11.5 Å². The second-order valence-electron chi connectivity index (χ2n) is 3.87. The van der Waals surface area contributed by atoms with Gasteiger partial charge in [-0.25, -0.2) is 0 Å². The molecule has 0 radical (unpaired) electrons. The number of aliphatic hydroxyl groups is 1. The molecular weight excluding hydrogens is 226 g/mol. The molecular formula is C11H13NO5. The smallest absolute Gasteiger partial charge is 0.239 e. The Morgan fingerprint density at radius 2 is 2.00 bits per heavy atom. The molecule has 1 aliphatic heterocycles. The summed E-state index contributed by atoms with van der Waals surface area (Å²) in [6.07, 6.45) is -1.15. The topological polar surface area (TPSA) is 81.8 Å². The van der Waals surface area contributed by atoms with Gasteiger partial charge in [-0.2, -0.15) is 0 Å². The summed E-state index contributed by atoms with van der Waals surface area (Å²) in [4.78, 5) is 10.1. The molecule has 0 unspecified atom stereocenters. The van der Waals surface area contributed by atoms with E-state index in [2.05, 4.69) is 0 Å². The van der Waals surface area contributed by atoms with Gasteiger partial charge in [-0.05, 0) is 17.7 Å². The van der Waals surface area contributed by atoms with Crippen LogP contribution in [-0.2, 0) is 0 Å².